The first-order valence-electron chi connectivity index (χ1n) is 5.30. The molecule has 1 aromatic rings. The number of nitrogens with one attached hydrogen (secondary N) is 2. The lowest BCUT2D eigenvalue weighted by molar-refractivity contribution is -0.121. The minimum atomic E-state index is -0.244. The molecule has 0 spiro atoms. The van der Waals surface area contributed by atoms with Gasteiger partial charge in [0, 0.05) is 21.1 Å². The van der Waals surface area contributed by atoms with E-state index in [1.165, 1.54) is 0 Å². The van der Waals surface area contributed by atoms with Crippen LogP contribution in [0.1, 0.15) is 6.92 Å². The van der Waals surface area contributed by atoms with E-state index in [1.54, 1.807) is 7.05 Å². The van der Waals surface area contributed by atoms with Gasteiger partial charge in [-0.3, -0.25) is 4.79 Å². The molecule has 1 aromatic carbocycles. The Morgan fingerprint density at radius 2 is 1.94 bits per heavy atom. The minimum Gasteiger partial charge on any atom is -0.376 e. The van der Waals surface area contributed by atoms with Crippen molar-refractivity contribution in [2.45, 2.75) is 13.0 Å². The summed E-state index contributed by atoms with van der Waals surface area (Å²) in [6, 6.07) is 7.66. The first-order valence-corrected chi connectivity index (χ1v) is 5.30. The van der Waals surface area contributed by atoms with Crippen molar-refractivity contribution in [2.24, 2.45) is 0 Å². The van der Waals surface area contributed by atoms with Crippen LogP contribution in [-0.4, -0.2) is 33.1 Å². The highest BCUT2D eigenvalue weighted by molar-refractivity contribution is 5.85. The normalized spacial score (nSPS) is 11.8. The molecule has 0 radical (unpaired) electrons. The Hall–Kier alpha value is -1.71. The van der Waals surface area contributed by atoms with Crippen molar-refractivity contribution < 1.29 is 4.79 Å². The van der Waals surface area contributed by atoms with Crippen molar-refractivity contribution in [1.29, 1.82) is 0 Å². The number of hydrogen-bond donors (Lipinski definition) is 2. The van der Waals surface area contributed by atoms with Gasteiger partial charge >= 0.3 is 0 Å². The third-order valence-electron chi connectivity index (χ3n) is 2.40. The molecule has 0 heterocycles. The molecule has 0 aliphatic rings. The van der Waals surface area contributed by atoms with E-state index in [0.29, 0.717) is 0 Å². The molecule has 0 aliphatic heterocycles. The molecule has 0 saturated carbocycles. The highest BCUT2D eigenvalue weighted by atomic mass is 16.2. The monoisotopic (exact) mass is 221 g/mol. The largest absolute Gasteiger partial charge is 0.376 e. The van der Waals surface area contributed by atoms with Crippen molar-refractivity contribution in [3.8, 4) is 0 Å². The van der Waals surface area contributed by atoms with Gasteiger partial charge < -0.3 is 15.5 Å². The lowest BCUT2D eigenvalue weighted by Crippen LogP contribution is -2.35. The average molecular weight is 221 g/mol. The summed E-state index contributed by atoms with van der Waals surface area (Å²) >= 11 is 0. The van der Waals surface area contributed by atoms with E-state index in [4.69, 9.17) is 0 Å². The standard InChI is InChI=1S/C12H19N3O/c1-9(12(16)13-2)14-10-7-5-6-8-11(10)15(3)4/h5-9,14H,1-4H3,(H,13,16). The fraction of sp³-hybridized carbons (Fsp3) is 0.417. The average Bonchev–Trinajstić information content (AvgIpc) is 2.28. The molecule has 0 saturated heterocycles. The van der Waals surface area contributed by atoms with Crippen molar-refractivity contribution in [2.75, 3.05) is 31.4 Å². The second-order valence-electron chi connectivity index (χ2n) is 3.89. The van der Waals surface area contributed by atoms with E-state index < -0.39 is 0 Å². The van der Waals surface area contributed by atoms with Crippen molar-refractivity contribution in [3.63, 3.8) is 0 Å². The molecular weight excluding hydrogens is 202 g/mol. The third-order valence-corrected chi connectivity index (χ3v) is 2.40. The van der Waals surface area contributed by atoms with Crippen LogP contribution < -0.4 is 15.5 Å². The summed E-state index contributed by atoms with van der Waals surface area (Å²) in [5.74, 6) is -0.0199. The molecule has 0 bridgehead atoms. The quantitative estimate of drug-likeness (QED) is 0.805. The zero-order valence-electron chi connectivity index (χ0n) is 10.2. The summed E-state index contributed by atoms with van der Waals surface area (Å²) in [7, 11) is 5.59. The van der Waals surface area contributed by atoms with Crippen LogP contribution in [0, 0.1) is 0 Å². The van der Waals surface area contributed by atoms with Gasteiger partial charge in [0.1, 0.15) is 6.04 Å². The number of hydrogen-bond acceptors (Lipinski definition) is 3. The predicted molar refractivity (Wildman–Crippen MR) is 67.9 cm³/mol. The van der Waals surface area contributed by atoms with Gasteiger partial charge in [-0.2, -0.15) is 0 Å². The van der Waals surface area contributed by atoms with Crippen LogP contribution in [0.15, 0.2) is 24.3 Å². The number of para-hydroxylation sites is 2. The van der Waals surface area contributed by atoms with Crippen LogP contribution in [0.2, 0.25) is 0 Å². The second kappa shape index (κ2) is 5.39. The number of anilines is 2. The van der Waals surface area contributed by atoms with Gasteiger partial charge in [0.05, 0.1) is 11.4 Å². The fourth-order valence-corrected chi connectivity index (χ4v) is 1.50. The van der Waals surface area contributed by atoms with Crippen LogP contribution in [0.4, 0.5) is 11.4 Å². The number of benzene rings is 1. The van der Waals surface area contributed by atoms with Crippen LogP contribution in [-0.2, 0) is 4.79 Å². The Morgan fingerprint density at radius 3 is 2.50 bits per heavy atom. The lowest BCUT2D eigenvalue weighted by atomic mass is 10.2. The molecule has 2 N–H and O–H groups in total. The smallest absolute Gasteiger partial charge is 0.241 e. The van der Waals surface area contributed by atoms with Crippen LogP contribution in [0.5, 0.6) is 0 Å². The topological polar surface area (TPSA) is 44.4 Å². The molecule has 88 valence electrons. The van der Waals surface area contributed by atoms with Gasteiger partial charge in [-0.05, 0) is 19.1 Å². The molecule has 4 nitrogen and oxygen atoms in total. The molecular formula is C12H19N3O. The van der Waals surface area contributed by atoms with E-state index in [1.807, 2.05) is 50.2 Å². The molecule has 0 fully saturated rings. The molecule has 1 amide bonds. The first kappa shape index (κ1) is 12.4. The number of carbonyl (C=O) groups excluding carboxylic acids is 1. The van der Waals surface area contributed by atoms with E-state index >= 15 is 0 Å². The highest BCUT2D eigenvalue weighted by Gasteiger charge is 2.12. The summed E-state index contributed by atoms with van der Waals surface area (Å²) < 4.78 is 0. The minimum absolute atomic E-state index is 0.0199. The van der Waals surface area contributed by atoms with Crippen LogP contribution in [0.25, 0.3) is 0 Å². The van der Waals surface area contributed by atoms with Gasteiger partial charge in [0.25, 0.3) is 0 Å². The zero-order chi connectivity index (χ0) is 12.1. The number of rotatable bonds is 4. The molecule has 4 heteroatoms. The fourth-order valence-electron chi connectivity index (χ4n) is 1.50. The van der Waals surface area contributed by atoms with Gasteiger partial charge in [-0.1, -0.05) is 12.1 Å². The van der Waals surface area contributed by atoms with E-state index in [2.05, 4.69) is 10.6 Å². The molecule has 0 aliphatic carbocycles. The molecule has 0 aromatic heterocycles. The Bertz CT molecular complexity index is 363. The van der Waals surface area contributed by atoms with Crippen molar-refractivity contribution in [1.82, 2.24) is 5.32 Å². The molecule has 1 rings (SSSR count). The summed E-state index contributed by atoms with van der Waals surface area (Å²) in [5.41, 5.74) is 2.03. The predicted octanol–water partition coefficient (Wildman–Crippen LogP) is 1.30. The van der Waals surface area contributed by atoms with Gasteiger partial charge in [0.15, 0.2) is 0 Å². The van der Waals surface area contributed by atoms with E-state index in [0.717, 1.165) is 11.4 Å². The lowest BCUT2D eigenvalue weighted by Gasteiger charge is -2.21. The van der Waals surface area contributed by atoms with Gasteiger partial charge in [-0.15, -0.1) is 0 Å². The van der Waals surface area contributed by atoms with Gasteiger partial charge in [0.2, 0.25) is 5.91 Å². The molecule has 16 heavy (non-hydrogen) atoms. The number of amides is 1. The summed E-state index contributed by atoms with van der Waals surface area (Å²) in [6.45, 7) is 1.84. The Balaban J connectivity index is 2.84. The zero-order valence-corrected chi connectivity index (χ0v) is 10.2. The summed E-state index contributed by atoms with van der Waals surface area (Å²) in [6.07, 6.45) is 0. The SMILES string of the molecule is CNC(=O)C(C)Nc1ccccc1N(C)C. The number of nitrogens with zero attached hydrogens (tertiary/aromatic N) is 1. The van der Waals surface area contributed by atoms with E-state index in [9.17, 15) is 4.79 Å². The maximum absolute atomic E-state index is 11.4. The molecule has 1 unspecified atom stereocenters. The summed E-state index contributed by atoms with van der Waals surface area (Å²) in [5, 5.41) is 5.81. The van der Waals surface area contributed by atoms with Crippen molar-refractivity contribution >= 4 is 17.3 Å². The Labute approximate surface area is 96.6 Å². The van der Waals surface area contributed by atoms with Crippen LogP contribution in [0.3, 0.4) is 0 Å². The number of carbonyl (C=O) groups is 1. The Kier molecular flexibility index (Phi) is 4.17. The maximum Gasteiger partial charge on any atom is 0.241 e. The summed E-state index contributed by atoms with van der Waals surface area (Å²) in [4.78, 5) is 13.4. The number of likely N-dealkylation sites (N-methyl/N-ethyl adjacent to an activating group) is 1. The maximum atomic E-state index is 11.4. The van der Waals surface area contributed by atoms with E-state index in [-0.39, 0.29) is 11.9 Å². The highest BCUT2D eigenvalue weighted by Crippen LogP contribution is 2.23. The van der Waals surface area contributed by atoms with Crippen molar-refractivity contribution in [3.05, 3.63) is 24.3 Å². The second-order valence-corrected chi connectivity index (χ2v) is 3.89. The first-order chi connectivity index (χ1) is 7.56. The third kappa shape index (κ3) is 2.89. The Morgan fingerprint density at radius 1 is 1.31 bits per heavy atom. The van der Waals surface area contributed by atoms with Crippen LogP contribution >= 0.6 is 0 Å². The van der Waals surface area contributed by atoms with Gasteiger partial charge in [-0.25, -0.2) is 0 Å². The molecule has 1 atom stereocenters.